The Labute approximate surface area is 183 Å². The van der Waals surface area contributed by atoms with Crippen LogP contribution >= 0.6 is 27.7 Å². The minimum absolute atomic E-state index is 0.209. The number of anilines is 1. The smallest absolute Gasteiger partial charge is 0.172 e. The molecule has 154 valence electrons. The molecular weight excluding hydrogens is 450 g/mol. The van der Waals surface area contributed by atoms with Gasteiger partial charge in [0.05, 0.1) is 10.7 Å². The lowest BCUT2D eigenvalue weighted by Gasteiger charge is -2.38. The van der Waals surface area contributed by atoms with Gasteiger partial charge in [0.25, 0.3) is 0 Å². The van der Waals surface area contributed by atoms with E-state index in [0.29, 0.717) is 6.04 Å². The Morgan fingerprint density at radius 3 is 2.93 bits per heavy atom. The Morgan fingerprint density at radius 1 is 1.28 bits per heavy atom. The summed E-state index contributed by atoms with van der Waals surface area (Å²) in [6.07, 6.45) is 13.7. The van der Waals surface area contributed by atoms with Crippen LogP contribution < -0.4 is 4.90 Å². The number of aliphatic hydroxyl groups is 1. The minimum Gasteiger partial charge on any atom is -0.396 e. The van der Waals surface area contributed by atoms with Crippen LogP contribution in [-0.2, 0) is 12.8 Å². The zero-order valence-corrected chi connectivity index (χ0v) is 19.0. The van der Waals surface area contributed by atoms with E-state index in [2.05, 4.69) is 43.2 Å². The van der Waals surface area contributed by atoms with E-state index in [-0.39, 0.29) is 6.61 Å². The van der Waals surface area contributed by atoms with Crippen LogP contribution in [0.25, 0.3) is 5.65 Å². The van der Waals surface area contributed by atoms with Gasteiger partial charge >= 0.3 is 0 Å². The first-order valence-corrected chi connectivity index (χ1v) is 12.1. The number of hydrogen-bond acceptors (Lipinski definition) is 6. The van der Waals surface area contributed by atoms with Crippen LogP contribution in [-0.4, -0.2) is 50.1 Å². The molecule has 29 heavy (non-hydrogen) atoms. The summed E-state index contributed by atoms with van der Waals surface area (Å²) in [6.45, 7) is 1.19. The summed E-state index contributed by atoms with van der Waals surface area (Å²) in [5.74, 6) is 1.05. The van der Waals surface area contributed by atoms with Crippen LogP contribution in [0.3, 0.4) is 0 Å². The molecule has 0 spiro atoms. The average molecular weight is 476 g/mol. The highest BCUT2D eigenvalue weighted by molar-refractivity contribution is 9.10. The number of aryl methyl sites for hydroxylation is 1. The van der Waals surface area contributed by atoms with Crippen molar-refractivity contribution in [2.75, 3.05) is 24.3 Å². The maximum Gasteiger partial charge on any atom is 0.172 e. The number of hydrogen-bond donors (Lipinski definition) is 1. The molecule has 3 aromatic rings. The fourth-order valence-corrected chi connectivity index (χ4v) is 5.27. The molecule has 4 heterocycles. The fraction of sp³-hybridized carbons (Fsp3) is 0.476. The van der Waals surface area contributed by atoms with Crippen molar-refractivity contribution in [3.8, 4) is 0 Å². The number of fused-ring (bicyclic) bond motifs is 1. The van der Waals surface area contributed by atoms with Crippen LogP contribution in [0, 0.1) is 0 Å². The maximum absolute atomic E-state index is 9.61. The van der Waals surface area contributed by atoms with Gasteiger partial charge in [-0.2, -0.15) is 5.10 Å². The van der Waals surface area contributed by atoms with Crippen LogP contribution in [0.2, 0.25) is 0 Å². The third kappa shape index (κ3) is 4.29. The van der Waals surface area contributed by atoms with Gasteiger partial charge in [0.15, 0.2) is 5.65 Å². The molecule has 0 bridgehead atoms. The van der Waals surface area contributed by atoms with Crippen molar-refractivity contribution in [3.05, 3.63) is 46.3 Å². The van der Waals surface area contributed by atoms with Crippen LogP contribution in [0.4, 0.5) is 5.82 Å². The number of rotatable bonds is 7. The van der Waals surface area contributed by atoms with E-state index in [9.17, 15) is 5.11 Å². The van der Waals surface area contributed by atoms with Crippen molar-refractivity contribution in [1.82, 2.24) is 19.6 Å². The van der Waals surface area contributed by atoms with E-state index in [0.717, 1.165) is 59.6 Å². The molecule has 1 fully saturated rings. The quantitative estimate of drug-likeness (QED) is 0.409. The van der Waals surface area contributed by atoms with E-state index in [1.807, 2.05) is 29.2 Å². The topological polar surface area (TPSA) is 66.5 Å². The summed E-state index contributed by atoms with van der Waals surface area (Å²) >= 11 is 5.33. The molecule has 1 aliphatic heterocycles. The second-order valence-corrected chi connectivity index (χ2v) is 9.02. The van der Waals surface area contributed by atoms with Gasteiger partial charge in [-0.15, -0.1) is 11.8 Å². The summed E-state index contributed by atoms with van der Waals surface area (Å²) in [6, 6.07) is 4.44. The SMILES string of the molecule is CSc1c(CCc2cccnc2)c(N2CCCC[C@H]2CCO)nc2c(Br)cnn12. The van der Waals surface area contributed by atoms with E-state index >= 15 is 0 Å². The van der Waals surface area contributed by atoms with Gasteiger partial charge in [-0.3, -0.25) is 4.98 Å². The number of nitrogens with zero attached hydrogens (tertiary/aromatic N) is 5. The maximum atomic E-state index is 9.61. The highest BCUT2D eigenvalue weighted by Crippen LogP contribution is 2.35. The average Bonchev–Trinajstić information content (AvgIpc) is 3.13. The Kier molecular flexibility index (Phi) is 6.72. The number of thioether (sulfide) groups is 1. The monoisotopic (exact) mass is 475 g/mol. The lowest BCUT2D eigenvalue weighted by atomic mass is 9.98. The predicted octanol–water partition coefficient (Wildman–Crippen LogP) is 4.14. The molecule has 0 amide bonds. The Balaban J connectivity index is 1.80. The van der Waals surface area contributed by atoms with E-state index < -0.39 is 0 Å². The molecule has 3 aromatic heterocycles. The predicted molar refractivity (Wildman–Crippen MR) is 121 cm³/mol. The largest absolute Gasteiger partial charge is 0.396 e. The van der Waals surface area contributed by atoms with E-state index in [4.69, 9.17) is 4.98 Å². The second kappa shape index (κ2) is 9.45. The number of piperidine rings is 1. The number of aliphatic hydroxyl groups excluding tert-OH is 1. The summed E-state index contributed by atoms with van der Waals surface area (Å²) in [7, 11) is 0. The van der Waals surface area contributed by atoms with Crippen molar-refractivity contribution in [2.24, 2.45) is 0 Å². The Morgan fingerprint density at radius 2 is 2.17 bits per heavy atom. The molecule has 0 aromatic carbocycles. The normalized spacial score (nSPS) is 17.2. The van der Waals surface area contributed by atoms with Crippen molar-refractivity contribution >= 4 is 39.2 Å². The summed E-state index contributed by atoms with van der Waals surface area (Å²) in [5, 5.41) is 15.3. The Hall–Kier alpha value is -1.64. The molecule has 1 N–H and O–H groups in total. The highest BCUT2D eigenvalue weighted by Gasteiger charge is 2.28. The molecule has 0 aliphatic carbocycles. The van der Waals surface area contributed by atoms with Gasteiger partial charge in [0, 0.05) is 37.2 Å². The molecule has 0 radical (unpaired) electrons. The van der Waals surface area contributed by atoms with Crippen LogP contribution in [0.15, 0.2) is 40.2 Å². The fourth-order valence-electron chi connectivity index (χ4n) is 4.17. The molecule has 1 aliphatic rings. The zero-order valence-electron chi connectivity index (χ0n) is 16.6. The van der Waals surface area contributed by atoms with Gasteiger partial charge in [0.2, 0.25) is 0 Å². The van der Waals surface area contributed by atoms with Crippen LogP contribution in [0.5, 0.6) is 0 Å². The van der Waals surface area contributed by atoms with Crippen LogP contribution in [0.1, 0.15) is 36.8 Å². The van der Waals surface area contributed by atoms with Gasteiger partial charge in [-0.1, -0.05) is 6.07 Å². The first kappa shape index (κ1) is 20.6. The number of pyridine rings is 1. The van der Waals surface area contributed by atoms with Gasteiger partial charge in [-0.05, 0) is 72.3 Å². The van der Waals surface area contributed by atoms with Gasteiger partial charge < -0.3 is 10.0 Å². The molecule has 1 atom stereocenters. The van der Waals surface area contributed by atoms with Crippen molar-refractivity contribution in [1.29, 1.82) is 0 Å². The minimum atomic E-state index is 0.209. The molecule has 0 unspecified atom stereocenters. The third-order valence-electron chi connectivity index (χ3n) is 5.57. The molecular formula is C21H26BrN5OS. The molecule has 0 saturated carbocycles. The first-order chi connectivity index (χ1) is 14.2. The lowest BCUT2D eigenvalue weighted by Crippen LogP contribution is -2.41. The van der Waals surface area contributed by atoms with E-state index in [1.54, 1.807) is 11.8 Å². The van der Waals surface area contributed by atoms with Gasteiger partial charge in [0.1, 0.15) is 10.8 Å². The molecule has 1 saturated heterocycles. The molecule has 8 heteroatoms. The lowest BCUT2D eigenvalue weighted by molar-refractivity contribution is 0.262. The van der Waals surface area contributed by atoms with Crippen molar-refractivity contribution < 1.29 is 5.11 Å². The highest BCUT2D eigenvalue weighted by atomic mass is 79.9. The van der Waals surface area contributed by atoms with Crippen molar-refractivity contribution in [2.45, 2.75) is 49.6 Å². The summed E-state index contributed by atoms with van der Waals surface area (Å²) in [5.41, 5.74) is 3.30. The molecule has 6 nitrogen and oxygen atoms in total. The van der Waals surface area contributed by atoms with Crippen molar-refractivity contribution in [3.63, 3.8) is 0 Å². The molecule has 4 rings (SSSR count). The third-order valence-corrected chi connectivity index (χ3v) is 6.94. The Bertz CT molecular complexity index is 963. The standard InChI is InChI=1S/C21H26BrN5OS/c1-29-21-17(8-7-15-5-4-10-23-13-15)19(25-20-18(22)14-24-27(20)21)26-11-3-2-6-16(26)9-12-28/h4-5,10,13-14,16,28H,2-3,6-9,11-12H2,1H3/t16-/m0/s1. The second-order valence-electron chi connectivity index (χ2n) is 7.37. The van der Waals surface area contributed by atoms with Gasteiger partial charge in [-0.25, -0.2) is 9.50 Å². The summed E-state index contributed by atoms with van der Waals surface area (Å²) < 4.78 is 2.85. The first-order valence-electron chi connectivity index (χ1n) is 10.1. The summed E-state index contributed by atoms with van der Waals surface area (Å²) in [4.78, 5) is 11.8. The van der Waals surface area contributed by atoms with E-state index in [1.165, 1.54) is 17.5 Å². The number of aromatic nitrogens is 4. The number of halogens is 1. The zero-order chi connectivity index (χ0) is 20.2.